The third-order valence-corrected chi connectivity index (χ3v) is 8.16. The van der Waals surface area contributed by atoms with Crippen LogP contribution in [0.2, 0.25) is 0 Å². The Morgan fingerprint density at radius 2 is 1.57 bits per heavy atom. The molecule has 1 fully saturated rings. The highest BCUT2D eigenvalue weighted by atomic mass is 32.2. The number of carbonyl (C=O) groups is 2. The molecule has 1 aliphatic carbocycles. The van der Waals surface area contributed by atoms with Gasteiger partial charge >= 0.3 is 0 Å². The second-order valence-electron chi connectivity index (χ2n) is 9.79. The number of hydrogen-bond acceptors (Lipinski definition) is 4. The standard InChI is InChI=1S/C29H35N3O4S/c1-22(29(34)30-25-16-7-4-8-17-25)31(20-23-12-5-3-6-13-23)28(33)21-32(37(2,35)36)27-19-11-15-24-14-9-10-18-26(24)27/h3,5-6,9-15,18-19,22,25H,4,7-8,16-17,20-21H2,1-2H3,(H,30,34). The molecule has 3 aromatic rings. The maximum atomic E-state index is 13.8. The summed E-state index contributed by atoms with van der Waals surface area (Å²) in [7, 11) is -3.79. The highest BCUT2D eigenvalue weighted by molar-refractivity contribution is 7.92. The SMILES string of the molecule is CC(C(=O)NC1CCCCC1)N(Cc1ccccc1)C(=O)CN(c1cccc2ccccc12)S(C)(=O)=O. The van der Waals surface area contributed by atoms with E-state index in [1.165, 1.54) is 11.3 Å². The molecule has 3 aromatic carbocycles. The Morgan fingerprint density at radius 3 is 2.27 bits per heavy atom. The van der Waals surface area contributed by atoms with Crippen molar-refractivity contribution in [2.45, 2.75) is 57.7 Å². The van der Waals surface area contributed by atoms with Crippen molar-refractivity contribution in [2.75, 3.05) is 17.1 Å². The first-order valence-corrected chi connectivity index (χ1v) is 14.7. The van der Waals surface area contributed by atoms with Crippen LogP contribution >= 0.6 is 0 Å². The van der Waals surface area contributed by atoms with Gasteiger partial charge in [0.05, 0.1) is 11.9 Å². The van der Waals surface area contributed by atoms with E-state index in [-0.39, 0.29) is 18.5 Å². The topological polar surface area (TPSA) is 86.8 Å². The van der Waals surface area contributed by atoms with Crippen LogP contribution in [-0.4, -0.2) is 50.0 Å². The number of nitrogens with one attached hydrogen (secondary N) is 1. The fourth-order valence-electron chi connectivity index (χ4n) is 4.95. The largest absolute Gasteiger partial charge is 0.352 e. The lowest BCUT2D eigenvalue weighted by molar-refractivity contribution is -0.139. The number of amides is 2. The van der Waals surface area contributed by atoms with Crippen molar-refractivity contribution in [1.29, 1.82) is 0 Å². The first-order valence-electron chi connectivity index (χ1n) is 12.8. The van der Waals surface area contributed by atoms with E-state index < -0.39 is 28.5 Å². The van der Waals surface area contributed by atoms with Crippen molar-refractivity contribution in [1.82, 2.24) is 10.2 Å². The highest BCUT2D eigenvalue weighted by Gasteiger charge is 2.31. The molecule has 1 unspecified atom stereocenters. The van der Waals surface area contributed by atoms with Gasteiger partial charge in [-0.15, -0.1) is 0 Å². The Morgan fingerprint density at radius 1 is 0.919 bits per heavy atom. The summed E-state index contributed by atoms with van der Waals surface area (Å²) in [5.74, 6) is -0.652. The number of hydrogen-bond donors (Lipinski definition) is 1. The predicted octanol–water partition coefficient (Wildman–Crippen LogP) is 4.47. The number of sulfonamides is 1. The zero-order valence-corrected chi connectivity index (χ0v) is 22.3. The molecule has 8 heteroatoms. The van der Waals surface area contributed by atoms with Crippen LogP contribution in [0.1, 0.15) is 44.6 Å². The van der Waals surface area contributed by atoms with Crippen LogP contribution in [0.3, 0.4) is 0 Å². The summed E-state index contributed by atoms with van der Waals surface area (Å²) in [5.41, 5.74) is 1.30. The number of fused-ring (bicyclic) bond motifs is 1. The van der Waals surface area contributed by atoms with Gasteiger partial charge in [0.2, 0.25) is 21.8 Å². The number of rotatable bonds is 9. The molecule has 37 heavy (non-hydrogen) atoms. The van der Waals surface area contributed by atoms with Gasteiger partial charge in [-0.2, -0.15) is 0 Å². The maximum absolute atomic E-state index is 13.8. The Hall–Kier alpha value is -3.39. The second-order valence-corrected chi connectivity index (χ2v) is 11.7. The van der Waals surface area contributed by atoms with Crippen molar-refractivity contribution in [3.8, 4) is 0 Å². The summed E-state index contributed by atoms with van der Waals surface area (Å²) in [5, 5.41) is 4.73. The van der Waals surface area contributed by atoms with Gasteiger partial charge < -0.3 is 10.2 Å². The molecule has 1 aliphatic rings. The van der Waals surface area contributed by atoms with Crippen LogP contribution in [0.25, 0.3) is 10.8 Å². The van der Waals surface area contributed by atoms with Crippen molar-refractivity contribution < 1.29 is 18.0 Å². The normalized spacial score (nSPS) is 15.2. The van der Waals surface area contributed by atoms with Crippen LogP contribution < -0.4 is 9.62 Å². The molecule has 0 heterocycles. The summed E-state index contributed by atoms with van der Waals surface area (Å²) in [6.45, 7) is 1.51. The lowest BCUT2D eigenvalue weighted by atomic mass is 9.95. The lowest BCUT2D eigenvalue weighted by Gasteiger charge is -2.33. The molecule has 196 valence electrons. The first kappa shape index (κ1) is 26.7. The van der Waals surface area contributed by atoms with Crippen molar-refractivity contribution >= 4 is 38.3 Å². The van der Waals surface area contributed by atoms with Crippen LogP contribution in [0.15, 0.2) is 72.8 Å². The van der Waals surface area contributed by atoms with E-state index in [0.29, 0.717) is 5.69 Å². The zero-order valence-electron chi connectivity index (χ0n) is 21.5. The van der Waals surface area contributed by atoms with Crippen LogP contribution in [0.5, 0.6) is 0 Å². The number of benzene rings is 3. The highest BCUT2D eigenvalue weighted by Crippen LogP contribution is 2.29. The summed E-state index contributed by atoms with van der Waals surface area (Å²) in [4.78, 5) is 28.5. The van der Waals surface area contributed by atoms with Crippen molar-refractivity contribution in [3.05, 3.63) is 78.4 Å². The number of nitrogens with zero attached hydrogens (tertiary/aromatic N) is 2. The minimum atomic E-state index is -3.79. The fourth-order valence-corrected chi connectivity index (χ4v) is 5.81. The molecular formula is C29H35N3O4S. The van der Waals surface area contributed by atoms with E-state index in [1.807, 2.05) is 60.7 Å². The molecule has 0 spiro atoms. The molecule has 0 saturated heterocycles. The van der Waals surface area contributed by atoms with E-state index in [9.17, 15) is 18.0 Å². The summed E-state index contributed by atoms with van der Waals surface area (Å²) < 4.78 is 27.0. The predicted molar refractivity (Wildman–Crippen MR) is 148 cm³/mol. The molecule has 4 rings (SSSR count). The molecule has 1 N–H and O–H groups in total. The van der Waals surface area contributed by atoms with Crippen molar-refractivity contribution in [2.24, 2.45) is 0 Å². The van der Waals surface area contributed by atoms with Gasteiger partial charge in [-0.25, -0.2) is 8.42 Å². The third-order valence-electron chi connectivity index (χ3n) is 7.03. The average Bonchev–Trinajstić information content (AvgIpc) is 2.90. The monoisotopic (exact) mass is 521 g/mol. The Bertz CT molecular complexity index is 1330. The third kappa shape index (κ3) is 6.68. The molecular weight excluding hydrogens is 486 g/mol. The lowest BCUT2D eigenvalue weighted by Crippen LogP contribution is -2.53. The van der Waals surface area contributed by atoms with Gasteiger partial charge in [0.25, 0.3) is 0 Å². The minimum absolute atomic E-state index is 0.112. The summed E-state index contributed by atoms with van der Waals surface area (Å²) in [6, 6.07) is 21.6. The smallest absolute Gasteiger partial charge is 0.244 e. The fraction of sp³-hybridized carbons (Fsp3) is 0.379. The van der Waals surface area contributed by atoms with Gasteiger partial charge in [-0.05, 0) is 36.8 Å². The molecule has 0 aromatic heterocycles. The quantitative estimate of drug-likeness (QED) is 0.450. The van der Waals surface area contributed by atoms with E-state index in [0.717, 1.165) is 52.6 Å². The molecule has 2 amide bonds. The second kappa shape index (κ2) is 11.8. The molecule has 1 atom stereocenters. The Labute approximate surface area is 219 Å². The van der Waals surface area contributed by atoms with E-state index in [1.54, 1.807) is 19.1 Å². The zero-order chi connectivity index (χ0) is 26.4. The molecule has 1 saturated carbocycles. The molecule has 0 aliphatic heterocycles. The first-order chi connectivity index (χ1) is 17.7. The number of anilines is 1. The summed E-state index contributed by atoms with van der Waals surface area (Å²) >= 11 is 0. The van der Waals surface area contributed by atoms with Gasteiger partial charge in [0, 0.05) is 18.0 Å². The van der Waals surface area contributed by atoms with Crippen LogP contribution in [0.4, 0.5) is 5.69 Å². The Balaban J connectivity index is 1.63. The molecule has 7 nitrogen and oxygen atoms in total. The van der Waals surface area contributed by atoms with Crippen molar-refractivity contribution in [3.63, 3.8) is 0 Å². The maximum Gasteiger partial charge on any atom is 0.244 e. The number of carbonyl (C=O) groups excluding carboxylic acids is 2. The van der Waals surface area contributed by atoms with E-state index >= 15 is 0 Å². The Kier molecular flexibility index (Phi) is 8.48. The van der Waals surface area contributed by atoms with Gasteiger partial charge in [0.1, 0.15) is 12.6 Å². The molecule has 0 bridgehead atoms. The molecule has 0 radical (unpaired) electrons. The average molecular weight is 522 g/mol. The summed E-state index contributed by atoms with van der Waals surface area (Å²) in [6.07, 6.45) is 6.32. The van der Waals surface area contributed by atoms with Gasteiger partial charge in [-0.1, -0.05) is 86.0 Å². The van der Waals surface area contributed by atoms with E-state index in [2.05, 4.69) is 5.32 Å². The van der Waals surface area contributed by atoms with Gasteiger partial charge in [-0.3, -0.25) is 13.9 Å². The van der Waals surface area contributed by atoms with Crippen LogP contribution in [0, 0.1) is 0 Å². The van der Waals surface area contributed by atoms with Crippen LogP contribution in [-0.2, 0) is 26.2 Å². The van der Waals surface area contributed by atoms with Gasteiger partial charge in [0.15, 0.2) is 0 Å². The van der Waals surface area contributed by atoms with E-state index in [4.69, 9.17) is 0 Å². The minimum Gasteiger partial charge on any atom is -0.352 e.